The Balaban J connectivity index is 1.78. The number of hydrogen-bond acceptors (Lipinski definition) is 7. The van der Waals surface area contributed by atoms with Crippen molar-refractivity contribution in [1.29, 1.82) is 0 Å². The molecule has 0 fully saturated rings. The molecule has 138 valence electrons. The first-order valence-corrected chi connectivity index (χ1v) is 7.95. The molecule has 0 unspecified atom stereocenters. The Morgan fingerprint density at radius 2 is 2.11 bits per heavy atom. The summed E-state index contributed by atoms with van der Waals surface area (Å²) in [6.07, 6.45) is 3.03. The van der Waals surface area contributed by atoms with E-state index in [2.05, 4.69) is 10.1 Å². The van der Waals surface area contributed by atoms with Crippen molar-refractivity contribution >= 4 is 11.7 Å². The van der Waals surface area contributed by atoms with Crippen molar-refractivity contribution in [3.8, 4) is 11.6 Å². The van der Waals surface area contributed by atoms with Crippen molar-refractivity contribution in [2.24, 2.45) is 0 Å². The highest BCUT2D eigenvalue weighted by molar-refractivity contribution is 5.90. The third-order valence-electron chi connectivity index (χ3n) is 3.93. The fourth-order valence-electron chi connectivity index (χ4n) is 2.53. The van der Waals surface area contributed by atoms with E-state index in [4.69, 9.17) is 9.47 Å². The van der Waals surface area contributed by atoms with Crippen molar-refractivity contribution in [1.82, 2.24) is 14.8 Å². The molecule has 9 heteroatoms. The predicted octanol–water partition coefficient (Wildman–Crippen LogP) is 2.85. The molecule has 0 atom stereocenters. The van der Waals surface area contributed by atoms with Gasteiger partial charge in [-0.3, -0.25) is 10.1 Å². The lowest BCUT2D eigenvalue weighted by Crippen LogP contribution is -2.08. The molecule has 0 spiro atoms. The second kappa shape index (κ2) is 7.65. The van der Waals surface area contributed by atoms with Crippen LogP contribution in [0.2, 0.25) is 0 Å². The molecule has 0 saturated heterocycles. The van der Waals surface area contributed by atoms with Crippen LogP contribution < -0.4 is 4.74 Å². The van der Waals surface area contributed by atoms with E-state index in [1.54, 1.807) is 25.3 Å². The molecule has 3 aromatic rings. The number of nitro benzene ring substituents is 1. The summed E-state index contributed by atoms with van der Waals surface area (Å²) < 4.78 is 12.0. The van der Waals surface area contributed by atoms with Crippen molar-refractivity contribution in [3.63, 3.8) is 0 Å². The van der Waals surface area contributed by atoms with E-state index in [1.807, 2.05) is 6.07 Å². The van der Waals surface area contributed by atoms with E-state index in [1.165, 1.54) is 36.2 Å². The van der Waals surface area contributed by atoms with Gasteiger partial charge in [-0.1, -0.05) is 6.07 Å². The number of esters is 1. The van der Waals surface area contributed by atoms with Gasteiger partial charge in [0.2, 0.25) is 0 Å². The number of methoxy groups -OCH3 is 1. The zero-order valence-electron chi connectivity index (χ0n) is 14.7. The number of pyridine rings is 1. The largest absolute Gasteiger partial charge is 0.496 e. The number of nitrogens with zero attached hydrogens (tertiary/aromatic N) is 4. The SMILES string of the molecule is COc1ccc([N+](=O)[O-])cc1COC(=O)c1cnn(-c2ccccn2)c1C. The minimum Gasteiger partial charge on any atom is -0.496 e. The second-order valence-electron chi connectivity index (χ2n) is 5.57. The van der Waals surface area contributed by atoms with E-state index in [-0.39, 0.29) is 17.9 Å². The van der Waals surface area contributed by atoms with Gasteiger partial charge in [0.15, 0.2) is 5.82 Å². The molecule has 0 amide bonds. The van der Waals surface area contributed by atoms with Gasteiger partial charge in [0, 0.05) is 23.9 Å². The van der Waals surface area contributed by atoms with E-state index in [0.717, 1.165) is 0 Å². The minimum absolute atomic E-state index is 0.110. The van der Waals surface area contributed by atoms with E-state index < -0.39 is 10.9 Å². The number of non-ortho nitro benzene ring substituents is 1. The second-order valence-corrected chi connectivity index (χ2v) is 5.57. The van der Waals surface area contributed by atoms with Crippen LogP contribution >= 0.6 is 0 Å². The third kappa shape index (κ3) is 3.76. The summed E-state index contributed by atoms with van der Waals surface area (Å²) in [4.78, 5) is 27.0. The van der Waals surface area contributed by atoms with Crippen molar-refractivity contribution < 1.29 is 19.2 Å². The van der Waals surface area contributed by atoms with Gasteiger partial charge in [0.1, 0.15) is 17.9 Å². The zero-order valence-corrected chi connectivity index (χ0v) is 14.7. The molecule has 0 N–H and O–H groups in total. The first-order chi connectivity index (χ1) is 13.0. The lowest BCUT2D eigenvalue weighted by molar-refractivity contribution is -0.385. The summed E-state index contributed by atoms with van der Waals surface area (Å²) in [5.41, 5.74) is 1.14. The van der Waals surface area contributed by atoms with Gasteiger partial charge >= 0.3 is 5.97 Å². The highest BCUT2D eigenvalue weighted by atomic mass is 16.6. The molecule has 0 aliphatic rings. The molecule has 0 radical (unpaired) electrons. The molecule has 3 rings (SSSR count). The van der Waals surface area contributed by atoms with Crippen molar-refractivity contribution in [3.05, 3.63) is 75.7 Å². The maximum atomic E-state index is 12.4. The van der Waals surface area contributed by atoms with Gasteiger partial charge in [-0.05, 0) is 25.1 Å². The van der Waals surface area contributed by atoms with Gasteiger partial charge < -0.3 is 9.47 Å². The highest BCUT2D eigenvalue weighted by Crippen LogP contribution is 2.25. The molecule has 1 aromatic carbocycles. The number of aromatic nitrogens is 3. The van der Waals surface area contributed by atoms with Crippen LogP contribution in [0.3, 0.4) is 0 Å². The number of ether oxygens (including phenoxy) is 2. The summed E-state index contributed by atoms with van der Waals surface area (Å²) in [6, 6.07) is 9.47. The average molecular weight is 368 g/mol. The Labute approximate surface area is 154 Å². The molecule has 27 heavy (non-hydrogen) atoms. The highest BCUT2D eigenvalue weighted by Gasteiger charge is 2.19. The van der Waals surface area contributed by atoms with Crippen LogP contribution in [-0.4, -0.2) is 32.8 Å². The monoisotopic (exact) mass is 368 g/mol. The molecular formula is C18H16N4O5. The Bertz CT molecular complexity index is 985. The Hall–Kier alpha value is -3.75. The number of rotatable bonds is 6. The Morgan fingerprint density at radius 1 is 1.30 bits per heavy atom. The van der Waals surface area contributed by atoms with Crippen LogP contribution in [0.4, 0.5) is 5.69 Å². The zero-order chi connectivity index (χ0) is 19.4. The molecule has 0 saturated carbocycles. The standard InChI is InChI=1S/C18H16N4O5/c1-12-15(10-20-21(12)17-5-3-4-8-19-17)18(23)27-11-13-9-14(22(24)25)6-7-16(13)26-2/h3-10H,11H2,1-2H3. The van der Waals surface area contributed by atoms with Crippen molar-refractivity contribution in [2.45, 2.75) is 13.5 Å². The summed E-state index contributed by atoms with van der Waals surface area (Å²) in [7, 11) is 1.44. The summed E-state index contributed by atoms with van der Waals surface area (Å²) in [6.45, 7) is 1.56. The molecule has 2 heterocycles. The van der Waals surface area contributed by atoms with Crippen LogP contribution in [-0.2, 0) is 11.3 Å². The quantitative estimate of drug-likeness (QED) is 0.374. The van der Waals surface area contributed by atoms with Gasteiger partial charge in [-0.15, -0.1) is 0 Å². The van der Waals surface area contributed by atoms with Crippen LogP contribution in [0.15, 0.2) is 48.8 Å². The predicted molar refractivity (Wildman–Crippen MR) is 94.9 cm³/mol. The Morgan fingerprint density at radius 3 is 2.78 bits per heavy atom. The van der Waals surface area contributed by atoms with Crippen LogP contribution in [0.25, 0.3) is 5.82 Å². The molecular weight excluding hydrogens is 352 g/mol. The van der Waals surface area contributed by atoms with E-state index in [9.17, 15) is 14.9 Å². The fourth-order valence-corrected chi connectivity index (χ4v) is 2.53. The Kier molecular flexibility index (Phi) is 5.11. The fraction of sp³-hybridized carbons (Fsp3) is 0.167. The van der Waals surface area contributed by atoms with Crippen LogP contribution in [0, 0.1) is 17.0 Å². The lowest BCUT2D eigenvalue weighted by atomic mass is 10.2. The van der Waals surface area contributed by atoms with Crippen molar-refractivity contribution in [2.75, 3.05) is 7.11 Å². The average Bonchev–Trinajstić information content (AvgIpc) is 3.08. The maximum absolute atomic E-state index is 12.4. The molecule has 2 aromatic heterocycles. The minimum atomic E-state index is -0.594. The number of carbonyl (C=O) groups excluding carboxylic acids is 1. The van der Waals surface area contributed by atoms with Gasteiger partial charge in [0.25, 0.3) is 5.69 Å². The number of nitro groups is 1. The molecule has 0 aliphatic heterocycles. The van der Waals surface area contributed by atoms with E-state index in [0.29, 0.717) is 22.8 Å². The van der Waals surface area contributed by atoms with Gasteiger partial charge in [0.05, 0.1) is 23.9 Å². The summed E-state index contributed by atoms with van der Waals surface area (Å²) >= 11 is 0. The molecule has 9 nitrogen and oxygen atoms in total. The first-order valence-electron chi connectivity index (χ1n) is 7.95. The number of hydrogen-bond donors (Lipinski definition) is 0. The van der Waals surface area contributed by atoms with E-state index >= 15 is 0 Å². The topological polar surface area (TPSA) is 109 Å². The van der Waals surface area contributed by atoms with Gasteiger partial charge in [-0.2, -0.15) is 5.10 Å². The normalized spacial score (nSPS) is 10.4. The van der Waals surface area contributed by atoms with Crippen LogP contribution in [0.5, 0.6) is 5.75 Å². The smallest absolute Gasteiger partial charge is 0.341 e. The lowest BCUT2D eigenvalue weighted by Gasteiger charge is -2.09. The first kappa shape index (κ1) is 18.1. The summed E-state index contributed by atoms with van der Waals surface area (Å²) in [5, 5.41) is 15.1. The number of carbonyl (C=O) groups is 1. The summed E-state index contributed by atoms with van der Waals surface area (Å²) in [5.74, 6) is 0.381. The third-order valence-corrected chi connectivity index (χ3v) is 3.93. The number of benzene rings is 1. The van der Waals surface area contributed by atoms with Crippen LogP contribution in [0.1, 0.15) is 21.6 Å². The maximum Gasteiger partial charge on any atom is 0.341 e. The molecule has 0 bridgehead atoms. The molecule has 0 aliphatic carbocycles. The van der Waals surface area contributed by atoms with Gasteiger partial charge in [-0.25, -0.2) is 14.5 Å².